The van der Waals surface area contributed by atoms with E-state index in [1.807, 2.05) is 24.3 Å². The summed E-state index contributed by atoms with van der Waals surface area (Å²) in [5, 5.41) is 3.61. The fraction of sp³-hybridized carbons (Fsp3) is 0.250. The van der Waals surface area contributed by atoms with E-state index in [4.69, 9.17) is 11.6 Å². The number of anilines is 1. The Morgan fingerprint density at radius 1 is 0.905 bits per heavy atom. The third-order valence-corrected chi connectivity index (χ3v) is 4.13. The maximum Gasteiger partial charge on any atom is 0.196 e. The molecule has 0 aromatic heterocycles. The largest absolute Gasteiger partial charge is 0.380 e. The fourth-order valence-electron chi connectivity index (χ4n) is 2.60. The summed E-state index contributed by atoms with van der Waals surface area (Å²) in [6.07, 6.45) is 1.64. The quantitative estimate of drug-likeness (QED) is 0.776. The third kappa shape index (κ3) is 2.86. The van der Waals surface area contributed by atoms with E-state index >= 15 is 0 Å². The van der Waals surface area contributed by atoms with Crippen molar-refractivity contribution in [2.24, 2.45) is 0 Å². The predicted molar refractivity (Wildman–Crippen MR) is 77.2 cm³/mol. The van der Waals surface area contributed by atoms with Gasteiger partial charge in [-0.2, -0.15) is 0 Å². The zero-order chi connectivity index (χ0) is 15.0. The van der Waals surface area contributed by atoms with Gasteiger partial charge in [-0.05, 0) is 48.6 Å². The molecule has 5 heteroatoms. The van der Waals surface area contributed by atoms with Crippen LogP contribution in [0, 0.1) is 17.5 Å². The molecule has 1 saturated carbocycles. The van der Waals surface area contributed by atoms with E-state index in [-0.39, 0.29) is 11.7 Å². The molecule has 21 heavy (non-hydrogen) atoms. The molecule has 1 fully saturated rings. The first kappa shape index (κ1) is 14.3. The van der Waals surface area contributed by atoms with Gasteiger partial charge in [0.25, 0.3) is 0 Å². The topological polar surface area (TPSA) is 12.0 Å². The lowest BCUT2D eigenvalue weighted by atomic mass is 9.76. The van der Waals surface area contributed by atoms with Crippen LogP contribution < -0.4 is 5.32 Å². The van der Waals surface area contributed by atoms with E-state index in [9.17, 15) is 13.2 Å². The minimum absolute atomic E-state index is 0.00783. The molecule has 2 aromatic rings. The molecule has 0 spiro atoms. The highest BCUT2D eigenvalue weighted by Gasteiger charge is 2.31. The Morgan fingerprint density at radius 3 is 2.24 bits per heavy atom. The van der Waals surface area contributed by atoms with Gasteiger partial charge in [-0.25, -0.2) is 13.2 Å². The van der Waals surface area contributed by atoms with Crippen LogP contribution in [0.3, 0.4) is 0 Å². The fourth-order valence-corrected chi connectivity index (χ4v) is 2.73. The van der Waals surface area contributed by atoms with Gasteiger partial charge in [0.05, 0.1) is 5.69 Å². The van der Waals surface area contributed by atoms with Gasteiger partial charge >= 0.3 is 0 Å². The molecule has 1 nitrogen and oxygen atoms in total. The van der Waals surface area contributed by atoms with Crippen LogP contribution >= 0.6 is 11.6 Å². The standard InChI is InChI=1S/C16H13ClF3N/c17-11-3-1-9(2-4-11)10-7-12(8-10)21-14-6-5-13(18)15(19)16(14)20/h1-6,10,12,21H,7-8H2. The van der Waals surface area contributed by atoms with Gasteiger partial charge in [0.15, 0.2) is 17.5 Å². The van der Waals surface area contributed by atoms with Crippen LogP contribution in [0.25, 0.3) is 0 Å². The summed E-state index contributed by atoms with van der Waals surface area (Å²) in [7, 11) is 0. The maximum absolute atomic E-state index is 13.6. The minimum Gasteiger partial charge on any atom is -0.380 e. The van der Waals surface area contributed by atoms with Crippen molar-refractivity contribution in [2.75, 3.05) is 5.32 Å². The minimum atomic E-state index is -1.44. The van der Waals surface area contributed by atoms with Gasteiger partial charge in [-0.3, -0.25) is 0 Å². The zero-order valence-electron chi connectivity index (χ0n) is 11.0. The Labute approximate surface area is 125 Å². The van der Waals surface area contributed by atoms with Gasteiger partial charge in [0, 0.05) is 11.1 Å². The molecule has 0 radical (unpaired) electrons. The van der Waals surface area contributed by atoms with Crippen LogP contribution in [-0.4, -0.2) is 6.04 Å². The lowest BCUT2D eigenvalue weighted by Gasteiger charge is -2.37. The molecular weight excluding hydrogens is 299 g/mol. The molecule has 1 aliphatic rings. The summed E-state index contributed by atoms with van der Waals surface area (Å²) < 4.78 is 39.6. The number of hydrogen-bond donors (Lipinski definition) is 1. The van der Waals surface area contributed by atoms with Crippen LogP contribution in [0.15, 0.2) is 36.4 Å². The molecule has 2 aromatic carbocycles. The molecule has 0 atom stereocenters. The number of nitrogens with one attached hydrogen (secondary N) is 1. The molecule has 0 saturated heterocycles. The van der Waals surface area contributed by atoms with E-state index in [1.165, 1.54) is 11.6 Å². The predicted octanol–water partition coefficient (Wildman–Crippen LogP) is 5.12. The SMILES string of the molecule is Fc1ccc(NC2CC(c3ccc(Cl)cc3)C2)c(F)c1F. The summed E-state index contributed by atoms with van der Waals surface area (Å²) in [6.45, 7) is 0. The molecule has 1 aliphatic carbocycles. The van der Waals surface area contributed by atoms with Crippen molar-refractivity contribution in [1.29, 1.82) is 0 Å². The van der Waals surface area contributed by atoms with Crippen molar-refractivity contribution in [3.8, 4) is 0 Å². The lowest BCUT2D eigenvalue weighted by molar-refractivity contribution is 0.371. The van der Waals surface area contributed by atoms with Gasteiger partial charge < -0.3 is 5.32 Å². The summed E-state index contributed by atoms with van der Waals surface area (Å²) >= 11 is 5.84. The number of rotatable bonds is 3. The number of benzene rings is 2. The van der Waals surface area contributed by atoms with Crippen LogP contribution in [0.2, 0.25) is 5.02 Å². The number of halogens is 4. The molecule has 0 aliphatic heterocycles. The lowest BCUT2D eigenvalue weighted by Crippen LogP contribution is -2.34. The molecule has 3 rings (SSSR count). The van der Waals surface area contributed by atoms with Crippen LogP contribution in [0.4, 0.5) is 18.9 Å². The Kier molecular flexibility index (Phi) is 3.81. The Morgan fingerprint density at radius 2 is 1.57 bits per heavy atom. The van der Waals surface area contributed by atoms with Crippen molar-refractivity contribution in [3.05, 3.63) is 64.4 Å². The van der Waals surface area contributed by atoms with Crippen LogP contribution in [0.5, 0.6) is 0 Å². The molecule has 0 heterocycles. The second kappa shape index (κ2) is 5.60. The molecule has 0 amide bonds. The van der Waals surface area contributed by atoms with Crippen molar-refractivity contribution in [1.82, 2.24) is 0 Å². The monoisotopic (exact) mass is 311 g/mol. The first-order valence-electron chi connectivity index (χ1n) is 6.70. The van der Waals surface area contributed by atoms with Crippen LogP contribution in [0.1, 0.15) is 24.3 Å². The number of hydrogen-bond acceptors (Lipinski definition) is 1. The van der Waals surface area contributed by atoms with E-state index < -0.39 is 17.5 Å². The second-order valence-electron chi connectivity index (χ2n) is 5.28. The molecule has 0 bridgehead atoms. The summed E-state index contributed by atoms with van der Waals surface area (Å²) in [5.41, 5.74) is 1.19. The van der Waals surface area contributed by atoms with Crippen molar-refractivity contribution < 1.29 is 13.2 Å². The highest BCUT2D eigenvalue weighted by atomic mass is 35.5. The maximum atomic E-state index is 13.6. The van der Waals surface area contributed by atoms with Crippen molar-refractivity contribution >= 4 is 17.3 Å². The van der Waals surface area contributed by atoms with E-state index in [0.29, 0.717) is 10.9 Å². The van der Waals surface area contributed by atoms with Gasteiger partial charge in [-0.1, -0.05) is 23.7 Å². The normalized spacial score (nSPS) is 21.0. The molecular formula is C16H13ClF3N. The average Bonchev–Trinajstić information content (AvgIpc) is 2.43. The zero-order valence-corrected chi connectivity index (χ0v) is 11.8. The smallest absolute Gasteiger partial charge is 0.196 e. The highest BCUT2D eigenvalue weighted by Crippen LogP contribution is 2.39. The van der Waals surface area contributed by atoms with Gasteiger partial charge in [-0.15, -0.1) is 0 Å². The summed E-state index contributed by atoms with van der Waals surface area (Å²) in [6, 6.07) is 9.84. The summed E-state index contributed by atoms with van der Waals surface area (Å²) in [4.78, 5) is 0. The van der Waals surface area contributed by atoms with Crippen molar-refractivity contribution in [3.63, 3.8) is 0 Å². The second-order valence-corrected chi connectivity index (χ2v) is 5.72. The third-order valence-electron chi connectivity index (χ3n) is 3.87. The van der Waals surface area contributed by atoms with Gasteiger partial charge in [0.1, 0.15) is 0 Å². The molecule has 1 N–H and O–H groups in total. The van der Waals surface area contributed by atoms with Crippen LogP contribution in [-0.2, 0) is 0 Å². The molecule has 110 valence electrons. The molecule has 0 unspecified atom stereocenters. The Bertz CT molecular complexity index is 651. The van der Waals surface area contributed by atoms with Crippen molar-refractivity contribution in [2.45, 2.75) is 24.8 Å². The average molecular weight is 312 g/mol. The first-order valence-corrected chi connectivity index (χ1v) is 7.08. The van der Waals surface area contributed by atoms with E-state index in [2.05, 4.69) is 5.32 Å². The Hall–Kier alpha value is -1.68. The van der Waals surface area contributed by atoms with E-state index in [0.717, 1.165) is 18.9 Å². The first-order chi connectivity index (χ1) is 10.0. The van der Waals surface area contributed by atoms with E-state index in [1.54, 1.807) is 0 Å². The summed E-state index contributed by atoms with van der Waals surface area (Å²) in [5.74, 6) is -3.39. The van der Waals surface area contributed by atoms with Gasteiger partial charge in [0.2, 0.25) is 0 Å². The Balaban J connectivity index is 1.62. The highest BCUT2D eigenvalue weighted by molar-refractivity contribution is 6.30.